The number of hydrogen-bond donors (Lipinski definition) is 0. The summed E-state index contributed by atoms with van der Waals surface area (Å²) < 4.78 is 30.0. The van der Waals surface area contributed by atoms with Crippen molar-refractivity contribution in [1.82, 2.24) is 0 Å². The minimum atomic E-state index is -1.06. The quantitative estimate of drug-likeness (QED) is 0.848. The van der Waals surface area contributed by atoms with Gasteiger partial charge >= 0.3 is 5.97 Å². The molecular formula is C14H10F2O3. The van der Waals surface area contributed by atoms with E-state index in [9.17, 15) is 13.7 Å². The summed E-state index contributed by atoms with van der Waals surface area (Å²) in [6, 6.07) is 11.8. The lowest BCUT2D eigenvalue weighted by Crippen LogP contribution is -1.99. The average molecular weight is 264 g/mol. The number of rotatable bonds is 4. The van der Waals surface area contributed by atoms with E-state index in [2.05, 4.69) is 4.94 Å². The molecule has 2 aromatic carbocycles. The highest BCUT2D eigenvalue weighted by molar-refractivity contribution is 5.88. The van der Waals surface area contributed by atoms with Crippen LogP contribution < -0.4 is 4.74 Å². The summed E-state index contributed by atoms with van der Waals surface area (Å²) in [6.07, 6.45) is 0. The van der Waals surface area contributed by atoms with E-state index in [1.165, 1.54) is 36.4 Å². The molecule has 0 bridgehead atoms. The first-order valence-corrected chi connectivity index (χ1v) is 5.49. The maximum atomic E-state index is 12.9. The highest BCUT2D eigenvalue weighted by Crippen LogP contribution is 2.15. The molecule has 0 spiro atoms. The van der Waals surface area contributed by atoms with Crippen LogP contribution in [-0.2, 0) is 11.5 Å². The van der Waals surface area contributed by atoms with Crippen molar-refractivity contribution in [3.63, 3.8) is 0 Å². The van der Waals surface area contributed by atoms with Crippen molar-refractivity contribution >= 4 is 5.97 Å². The molecule has 2 rings (SSSR count). The maximum absolute atomic E-state index is 12.9. The molecule has 0 radical (unpaired) electrons. The van der Waals surface area contributed by atoms with Gasteiger partial charge in [0.15, 0.2) is 0 Å². The molecule has 0 amide bonds. The van der Waals surface area contributed by atoms with Gasteiger partial charge in [-0.2, -0.15) is 0 Å². The number of hydrogen-bond acceptors (Lipinski definition) is 3. The van der Waals surface area contributed by atoms with Gasteiger partial charge in [-0.05, 0) is 42.0 Å². The maximum Gasteiger partial charge on any atom is 0.379 e. The zero-order valence-corrected chi connectivity index (χ0v) is 9.81. The van der Waals surface area contributed by atoms with E-state index in [1.807, 2.05) is 0 Å². The SMILES string of the molecule is O=C(OF)c1ccc(OCc2cccc(F)c2)cc1. The first kappa shape index (κ1) is 13.0. The third kappa shape index (κ3) is 3.51. The molecule has 5 heteroatoms. The van der Waals surface area contributed by atoms with Crippen LogP contribution in [-0.4, -0.2) is 5.97 Å². The van der Waals surface area contributed by atoms with Crippen molar-refractivity contribution in [2.24, 2.45) is 0 Å². The van der Waals surface area contributed by atoms with Gasteiger partial charge in [-0.1, -0.05) is 12.1 Å². The summed E-state index contributed by atoms with van der Waals surface area (Å²) in [7, 11) is 0. The third-order valence-corrected chi connectivity index (χ3v) is 2.45. The zero-order valence-electron chi connectivity index (χ0n) is 9.81. The zero-order chi connectivity index (χ0) is 13.7. The summed E-state index contributed by atoms with van der Waals surface area (Å²) >= 11 is 0. The number of ether oxygens (including phenoxy) is 1. The smallest absolute Gasteiger partial charge is 0.379 e. The second-order valence-corrected chi connectivity index (χ2v) is 3.81. The van der Waals surface area contributed by atoms with Gasteiger partial charge in [0.1, 0.15) is 18.2 Å². The fraction of sp³-hybridized carbons (Fsp3) is 0.0714. The number of benzene rings is 2. The molecule has 0 atom stereocenters. The van der Waals surface area contributed by atoms with Crippen molar-refractivity contribution in [2.75, 3.05) is 0 Å². The van der Waals surface area contributed by atoms with Gasteiger partial charge in [0.05, 0.1) is 5.56 Å². The van der Waals surface area contributed by atoms with Crippen LogP contribution in [0.1, 0.15) is 15.9 Å². The Balaban J connectivity index is 1.98. The minimum absolute atomic E-state index is 0.0839. The summed E-state index contributed by atoms with van der Waals surface area (Å²) in [5.74, 6) is -0.904. The van der Waals surface area contributed by atoms with Crippen LogP contribution in [0.5, 0.6) is 5.75 Å². The van der Waals surface area contributed by atoms with Crippen LogP contribution in [0.25, 0.3) is 0 Å². The van der Waals surface area contributed by atoms with E-state index in [-0.39, 0.29) is 18.0 Å². The van der Waals surface area contributed by atoms with E-state index in [4.69, 9.17) is 4.74 Å². The first-order chi connectivity index (χ1) is 9.19. The second kappa shape index (κ2) is 5.95. The van der Waals surface area contributed by atoms with Crippen molar-refractivity contribution in [2.45, 2.75) is 6.61 Å². The monoisotopic (exact) mass is 264 g/mol. The van der Waals surface area contributed by atoms with E-state index in [0.29, 0.717) is 11.3 Å². The summed E-state index contributed by atoms with van der Waals surface area (Å²) in [5.41, 5.74) is 0.771. The third-order valence-electron chi connectivity index (χ3n) is 2.45. The summed E-state index contributed by atoms with van der Waals surface area (Å²) in [6.45, 7) is 0.199. The number of carbonyl (C=O) groups excluding carboxylic acids is 1. The standard InChI is InChI=1S/C14H10F2O3/c15-12-3-1-2-10(8-12)9-18-13-6-4-11(5-7-13)14(17)19-16/h1-8H,9H2. The fourth-order valence-electron chi connectivity index (χ4n) is 1.53. The van der Waals surface area contributed by atoms with Crippen LogP contribution in [0.3, 0.4) is 0 Å². The lowest BCUT2D eigenvalue weighted by molar-refractivity contribution is -0.0788. The fourth-order valence-corrected chi connectivity index (χ4v) is 1.53. The van der Waals surface area contributed by atoms with Crippen molar-refractivity contribution < 1.29 is 23.4 Å². The lowest BCUT2D eigenvalue weighted by Gasteiger charge is -2.06. The van der Waals surface area contributed by atoms with E-state index >= 15 is 0 Å². The Morgan fingerprint density at radius 3 is 2.47 bits per heavy atom. The molecule has 0 heterocycles. The van der Waals surface area contributed by atoms with Gasteiger partial charge in [-0.3, -0.25) is 0 Å². The predicted molar refractivity (Wildman–Crippen MR) is 63.7 cm³/mol. The van der Waals surface area contributed by atoms with Crippen molar-refractivity contribution in [3.8, 4) is 5.75 Å². The highest BCUT2D eigenvalue weighted by Gasteiger charge is 2.07. The van der Waals surface area contributed by atoms with Crippen LogP contribution in [0.15, 0.2) is 48.5 Å². The van der Waals surface area contributed by atoms with Crippen LogP contribution in [0.4, 0.5) is 8.92 Å². The molecule has 0 aliphatic rings. The van der Waals surface area contributed by atoms with E-state index in [1.54, 1.807) is 12.1 Å². The molecule has 0 saturated heterocycles. The molecule has 2 aromatic rings. The minimum Gasteiger partial charge on any atom is -0.489 e. The highest BCUT2D eigenvalue weighted by atomic mass is 19.3. The molecule has 0 saturated carbocycles. The Kier molecular flexibility index (Phi) is 4.07. The average Bonchev–Trinajstić information content (AvgIpc) is 2.45. The Labute approximate surface area is 108 Å². The Bertz CT molecular complexity index is 567. The molecular weight excluding hydrogens is 254 g/mol. The molecule has 19 heavy (non-hydrogen) atoms. The second-order valence-electron chi connectivity index (χ2n) is 3.81. The molecule has 98 valence electrons. The van der Waals surface area contributed by atoms with Gasteiger partial charge in [0.25, 0.3) is 0 Å². The molecule has 0 fully saturated rings. The van der Waals surface area contributed by atoms with Gasteiger partial charge in [0, 0.05) is 4.53 Å². The normalized spacial score (nSPS) is 10.0. The van der Waals surface area contributed by atoms with Crippen molar-refractivity contribution in [3.05, 3.63) is 65.5 Å². The van der Waals surface area contributed by atoms with E-state index < -0.39 is 5.97 Å². The summed E-state index contributed by atoms with van der Waals surface area (Å²) in [5, 5.41) is 0. The molecule has 0 aliphatic carbocycles. The number of carbonyl (C=O) groups is 1. The van der Waals surface area contributed by atoms with Crippen LogP contribution >= 0.6 is 0 Å². The van der Waals surface area contributed by atoms with Crippen LogP contribution in [0.2, 0.25) is 0 Å². The molecule has 0 aromatic heterocycles. The Morgan fingerprint density at radius 2 is 1.84 bits per heavy atom. The van der Waals surface area contributed by atoms with Crippen LogP contribution in [0, 0.1) is 5.82 Å². The van der Waals surface area contributed by atoms with Crippen molar-refractivity contribution in [1.29, 1.82) is 0 Å². The first-order valence-electron chi connectivity index (χ1n) is 5.49. The number of halogens is 2. The van der Waals surface area contributed by atoms with Gasteiger partial charge in [-0.25, -0.2) is 14.1 Å². The molecule has 0 aliphatic heterocycles. The van der Waals surface area contributed by atoms with E-state index in [0.717, 1.165) is 0 Å². The Hall–Kier alpha value is -2.43. The topological polar surface area (TPSA) is 35.5 Å². The predicted octanol–water partition coefficient (Wildman–Crippen LogP) is 3.45. The molecule has 0 unspecified atom stereocenters. The summed E-state index contributed by atoms with van der Waals surface area (Å²) in [4.78, 5) is 14.0. The molecule has 3 nitrogen and oxygen atoms in total. The molecule has 0 N–H and O–H groups in total. The lowest BCUT2D eigenvalue weighted by atomic mass is 10.2. The Morgan fingerprint density at radius 1 is 1.11 bits per heavy atom. The van der Waals surface area contributed by atoms with Gasteiger partial charge < -0.3 is 4.74 Å². The van der Waals surface area contributed by atoms with Gasteiger partial charge in [0.2, 0.25) is 0 Å². The van der Waals surface area contributed by atoms with Gasteiger partial charge in [-0.15, -0.1) is 0 Å². The largest absolute Gasteiger partial charge is 0.489 e.